The Morgan fingerprint density at radius 1 is 1.30 bits per heavy atom. The van der Waals surface area contributed by atoms with Crippen LogP contribution in [0.15, 0.2) is 30.3 Å². The van der Waals surface area contributed by atoms with Crippen molar-refractivity contribution in [3.63, 3.8) is 0 Å². The van der Waals surface area contributed by atoms with Gasteiger partial charge in [-0.25, -0.2) is 0 Å². The van der Waals surface area contributed by atoms with Crippen LogP contribution in [0.4, 0.5) is 0 Å². The van der Waals surface area contributed by atoms with Gasteiger partial charge in [0.1, 0.15) is 5.60 Å². The number of nitrogens with zero attached hydrogens (tertiary/aromatic N) is 2. The van der Waals surface area contributed by atoms with Gasteiger partial charge in [-0.3, -0.25) is 4.90 Å². The molecule has 4 heteroatoms. The average Bonchev–Trinajstić information content (AvgIpc) is 2.61. The van der Waals surface area contributed by atoms with Crippen LogP contribution in [0, 0.1) is 0 Å². The molecule has 112 valence electrons. The lowest BCUT2D eigenvalue weighted by atomic mass is 9.92. The highest BCUT2D eigenvalue weighted by atomic mass is 16.3. The first kappa shape index (κ1) is 15.4. The molecule has 1 fully saturated rings. The zero-order valence-corrected chi connectivity index (χ0v) is 12.6. The average molecular weight is 277 g/mol. The molecule has 0 saturated carbocycles. The third kappa shape index (κ3) is 3.58. The van der Waals surface area contributed by atoms with Crippen LogP contribution in [0.5, 0.6) is 0 Å². The molecule has 0 bridgehead atoms. The van der Waals surface area contributed by atoms with E-state index in [0.717, 1.165) is 31.6 Å². The molecule has 0 aromatic heterocycles. The number of rotatable bonds is 4. The molecule has 1 aliphatic heterocycles. The summed E-state index contributed by atoms with van der Waals surface area (Å²) in [6.07, 6.45) is 1.14. The number of nitrogens with two attached hydrogens (primary N) is 1. The first-order valence-electron chi connectivity index (χ1n) is 7.46. The molecular formula is C16H27N3O. The van der Waals surface area contributed by atoms with E-state index in [0.29, 0.717) is 12.6 Å². The lowest BCUT2D eigenvalue weighted by Gasteiger charge is -2.36. The van der Waals surface area contributed by atoms with Crippen LogP contribution in [0.25, 0.3) is 0 Å². The zero-order chi connectivity index (χ0) is 14.6. The van der Waals surface area contributed by atoms with Crippen molar-refractivity contribution in [1.29, 1.82) is 0 Å². The summed E-state index contributed by atoms with van der Waals surface area (Å²) in [7, 11) is 2.16. The minimum Gasteiger partial charge on any atom is -0.382 e. The van der Waals surface area contributed by atoms with Gasteiger partial charge >= 0.3 is 0 Å². The van der Waals surface area contributed by atoms with Gasteiger partial charge in [-0.2, -0.15) is 0 Å². The molecule has 0 radical (unpaired) electrons. The Morgan fingerprint density at radius 3 is 2.65 bits per heavy atom. The van der Waals surface area contributed by atoms with E-state index < -0.39 is 5.60 Å². The number of benzene rings is 1. The highest BCUT2D eigenvalue weighted by Crippen LogP contribution is 2.23. The molecule has 2 rings (SSSR count). The van der Waals surface area contributed by atoms with E-state index in [1.165, 1.54) is 0 Å². The van der Waals surface area contributed by atoms with Gasteiger partial charge in [-0.15, -0.1) is 0 Å². The van der Waals surface area contributed by atoms with Crippen molar-refractivity contribution in [2.75, 3.05) is 39.8 Å². The van der Waals surface area contributed by atoms with Crippen molar-refractivity contribution in [3.8, 4) is 0 Å². The predicted molar refractivity (Wildman–Crippen MR) is 82.5 cm³/mol. The topological polar surface area (TPSA) is 52.7 Å². The van der Waals surface area contributed by atoms with E-state index in [-0.39, 0.29) is 6.54 Å². The first-order chi connectivity index (χ1) is 9.55. The monoisotopic (exact) mass is 277 g/mol. The normalized spacial score (nSPS) is 25.1. The molecule has 4 nitrogen and oxygen atoms in total. The molecule has 0 aliphatic carbocycles. The van der Waals surface area contributed by atoms with Crippen molar-refractivity contribution in [2.45, 2.75) is 25.0 Å². The fourth-order valence-corrected chi connectivity index (χ4v) is 3.01. The second kappa shape index (κ2) is 6.68. The van der Waals surface area contributed by atoms with E-state index in [2.05, 4.69) is 23.8 Å². The Labute approximate surface area is 122 Å². The van der Waals surface area contributed by atoms with Crippen LogP contribution in [-0.2, 0) is 5.60 Å². The quantitative estimate of drug-likeness (QED) is 0.857. The summed E-state index contributed by atoms with van der Waals surface area (Å²) in [6, 6.07) is 10.2. The summed E-state index contributed by atoms with van der Waals surface area (Å²) in [6.45, 7) is 6.24. The molecule has 0 amide bonds. The van der Waals surface area contributed by atoms with Gasteiger partial charge in [0.15, 0.2) is 0 Å². The van der Waals surface area contributed by atoms with Crippen LogP contribution in [0.1, 0.15) is 18.9 Å². The number of hydrogen-bond donors (Lipinski definition) is 2. The van der Waals surface area contributed by atoms with Crippen molar-refractivity contribution in [2.24, 2.45) is 5.73 Å². The molecule has 2 unspecified atom stereocenters. The lowest BCUT2D eigenvalue weighted by Crippen LogP contribution is -2.50. The molecule has 2 atom stereocenters. The minimum absolute atomic E-state index is 0.246. The number of aliphatic hydroxyl groups is 1. The Morgan fingerprint density at radius 2 is 2.00 bits per heavy atom. The van der Waals surface area contributed by atoms with Crippen LogP contribution in [-0.4, -0.2) is 60.7 Å². The van der Waals surface area contributed by atoms with Crippen molar-refractivity contribution in [1.82, 2.24) is 9.80 Å². The highest BCUT2D eigenvalue weighted by molar-refractivity contribution is 5.23. The number of hydrogen-bond acceptors (Lipinski definition) is 4. The van der Waals surface area contributed by atoms with Gasteiger partial charge in [0.25, 0.3) is 0 Å². The maximum Gasteiger partial charge on any atom is 0.114 e. The van der Waals surface area contributed by atoms with Gasteiger partial charge in [-0.05, 0) is 39.0 Å². The van der Waals surface area contributed by atoms with Crippen molar-refractivity contribution >= 4 is 0 Å². The predicted octanol–water partition coefficient (Wildman–Crippen LogP) is 0.859. The maximum atomic E-state index is 10.9. The molecule has 20 heavy (non-hydrogen) atoms. The first-order valence-corrected chi connectivity index (χ1v) is 7.46. The molecule has 1 aromatic rings. The smallest absolute Gasteiger partial charge is 0.114 e. The van der Waals surface area contributed by atoms with Crippen molar-refractivity contribution < 1.29 is 5.11 Å². The van der Waals surface area contributed by atoms with Gasteiger partial charge in [0.05, 0.1) is 0 Å². The Hall–Kier alpha value is -0.940. The number of β-amino-alcohol motifs (C(OH)–C–C–N with tert-alkyl or cyclic N) is 1. The third-order valence-electron chi connectivity index (χ3n) is 4.30. The summed E-state index contributed by atoms with van der Waals surface area (Å²) in [4.78, 5) is 4.72. The second-order valence-electron chi connectivity index (χ2n) is 6.04. The van der Waals surface area contributed by atoms with E-state index in [1.54, 1.807) is 0 Å². The van der Waals surface area contributed by atoms with E-state index in [9.17, 15) is 5.11 Å². The summed E-state index contributed by atoms with van der Waals surface area (Å²) in [5.74, 6) is 0. The summed E-state index contributed by atoms with van der Waals surface area (Å²) in [5.41, 5.74) is 5.83. The van der Waals surface area contributed by atoms with E-state index in [1.807, 2.05) is 30.3 Å². The molecular weight excluding hydrogens is 250 g/mol. The Bertz CT molecular complexity index is 411. The molecule has 1 aliphatic rings. The van der Waals surface area contributed by atoms with Crippen LogP contribution < -0.4 is 5.73 Å². The number of likely N-dealkylation sites (N-methyl/N-ethyl adjacent to an activating group) is 1. The Kier molecular flexibility index (Phi) is 5.16. The van der Waals surface area contributed by atoms with Crippen LogP contribution in [0.2, 0.25) is 0 Å². The van der Waals surface area contributed by atoms with Gasteiger partial charge < -0.3 is 15.7 Å². The van der Waals surface area contributed by atoms with Gasteiger partial charge in [0.2, 0.25) is 0 Å². The lowest BCUT2D eigenvalue weighted by molar-refractivity contribution is -0.00312. The summed E-state index contributed by atoms with van der Waals surface area (Å²) < 4.78 is 0. The second-order valence-corrected chi connectivity index (χ2v) is 6.04. The summed E-state index contributed by atoms with van der Waals surface area (Å²) >= 11 is 0. The standard InChI is InChI=1S/C16H27N3O/c1-14-11-18(2)9-6-10-19(14)13-16(20,12-17)15-7-4-3-5-8-15/h3-5,7-8,14,20H,6,9-13,17H2,1-2H3. The SMILES string of the molecule is CC1CN(C)CCCN1CC(O)(CN)c1ccccc1. The maximum absolute atomic E-state index is 10.9. The Balaban J connectivity index is 2.13. The summed E-state index contributed by atoms with van der Waals surface area (Å²) in [5, 5.41) is 10.9. The fraction of sp³-hybridized carbons (Fsp3) is 0.625. The molecule has 1 aromatic carbocycles. The molecule has 1 heterocycles. The van der Waals surface area contributed by atoms with Crippen molar-refractivity contribution in [3.05, 3.63) is 35.9 Å². The van der Waals surface area contributed by atoms with E-state index >= 15 is 0 Å². The highest BCUT2D eigenvalue weighted by Gasteiger charge is 2.32. The molecule has 1 saturated heterocycles. The molecule has 0 spiro atoms. The van der Waals surface area contributed by atoms with E-state index in [4.69, 9.17) is 5.73 Å². The van der Waals surface area contributed by atoms with Gasteiger partial charge in [0, 0.05) is 25.7 Å². The zero-order valence-electron chi connectivity index (χ0n) is 12.6. The minimum atomic E-state index is -0.960. The van der Waals surface area contributed by atoms with Crippen LogP contribution >= 0.6 is 0 Å². The molecule has 3 N–H and O–H groups in total. The van der Waals surface area contributed by atoms with Crippen LogP contribution in [0.3, 0.4) is 0 Å². The fourth-order valence-electron chi connectivity index (χ4n) is 3.01. The van der Waals surface area contributed by atoms with Gasteiger partial charge in [-0.1, -0.05) is 30.3 Å². The largest absolute Gasteiger partial charge is 0.382 e. The third-order valence-corrected chi connectivity index (χ3v) is 4.30.